The molecule has 0 bridgehead atoms. The van der Waals surface area contributed by atoms with Crippen molar-refractivity contribution in [2.24, 2.45) is 5.92 Å². The molecular formula is C17H23N5O. The zero-order chi connectivity index (χ0) is 15.8. The molecule has 0 aromatic carbocycles. The van der Waals surface area contributed by atoms with Crippen molar-refractivity contribution in [1.82, 2.24) is 19.9 Å². The van der Waals surface area contributed by atoms with Crippen LogP contribution in [-0.4, -0.2) is 40.6 Å². The molecule has 6 heteroatoms. The van der Waals surface area contributed by atoms with Crippen LogP contribution in [0.4, 0.5) is 5.82 Å². The number of carbonyl (C=O) groups excluding carboxylic acids is 1. The molecule has 0 unspecified atom stereocenters. The van der Waals surface area contributed by atoms with Crippen molar-refractivity contribution in [2.75, 3.05) is 25.0 Å². The van der Waals surface area contributed by atoms with E-state index in [0.29, 0.717) is 0 Å². The van der Waals surface area contributed by atoms with Gasteiger partial charge in [-0.15, -0.1) is 0 Å². The predicted octanol–water partition coefficient (Wildman–Crippen LogP) is 1.57. The molecule has 1 atom stereocenters. The molecule has 1 amide bonds. The largest absolute Gasteiger partial charge is 0.359 e. The van der Waals surface area contributed by atoms with Crippen LogP contribution < -0.4 is 10.2 Å². The van der Waals surface area contributed by atoms with Crippen molar-refractivity contribution < 1.29 is 4.79 Å². The Morgan fingerprint density at radius 3 is 3.04 bits per heavy atom. The average molecular weight is 313 g/mol. The third-order valence-corrected chi connectivity index (χ3v) is 5.14. The van der Waals surface area contributed by atoms with Crippen LogP contribution in [0.5, 0.6) is 0 Å². The third kappa shape index (κ3) is 2.46. The number of nitrogens with zero attached hydrogens (tertiary/aromatic N) is 4. The van der Waals surface area contributed by atoms with Gasteiger partial charge in [-0.1, -0.05) is 0 Å². The lowest BCUT2D eigenvalue weighted by Crippen LogP contribution is -2.42. The summed E-state index contributed by atoms with van der Waals surface area (Å²) >= 11 is 0. The van der Waals surface area contributed by atoms with Gasteiger partial charge in [0.25, 0.3) is 0 Å². The number of hydrogen-bond donors (Lipinski definition) is 1. The summed E-state index contributed by atoms with van der Waals surface area (Å²) in [6, 6.07) is 0. The topological polar surface area (TPSA) is 62.5 Å². The van der Waals surface area contributed by atoms with Crippen molar-refractivity contribution in [3.63, 3.8) is 0 Å². The minimum Gasteiger partial charge on any atom is -0.359 e. The molecule has 2 aromatic heterocycles. The second kappa shape index (κ2) is 5.83. The minimum absolute atomic E-state index is 0.0505. The Kier molecular flexibility index (Phi) is 3.67. The highest BCUT2D eigenvalue weighted by Crippen LogP contribution is 2.32. The maximum atomic E-state index is 12.0. The van der Waals surface area contributed by atoms with Crippen LogP contribution >= 0.6 is 0 Å². The number of aryl methyl sites for hydroxylation is 2. The summed E-state index contributed by atoms with van der Waals surface area (Å²) < 4.78 is 1.99. The molecule has 6 nitrogen and oxygen atoms in total. The van der Waals surface area contributed by atoms with Crippen LogP contribution in [0.2, 0.25) is 0 Å². The highest BCUT2D eigenvalue weighted by Gasteiger charge is 2.28. The molecule has 122 valence electrons. The number of carbonyl (C=O) groups is 1. The smallest absolute Gasteiger partial charge is 0.224 e. The molecule has 4 rings (SSSR count). The van der Waals surface area contributed by atoms with Gasteiger partial charge in [0.2, 0.25) is 5.91 Å². The van der Waals surface area contributed by atoms with Gasteiger partial charge in [0.1, 0.15) is 5.52 Å². The number of amides is 1. The first-order valence-corrected chi connectivity index (χ1v) is 8.59. The van der Waals surface area contributed by atoms with Gasteiger partial charge in [0.15, 0.2) is 5.82 Å². The first kappa shape index (κ1) is 14.5. The fourth-order valence-corrected chi connectivity index (χ4v) is 3.97. The predicted molar refractivity (Wildman–Crippen MR) is 88.6 cm³/mol. The van der Waals surface area contributed by atoms with Crippen LogP contribution in [0.25, 0.3) is 5.52 Å². The number of anilines is 1. The van der Waals surface area contributed by atoms with Crippen molar-refractivity contribution in [3.8, 4) is 0 Å². The highest BCUT2D eigenvalue weighted by molar-refractivity contribution is 5.80. The normalized spacial score (nSPS) is 21.3. The van der Waals surface area contributed by atoms with Crippen molar-refractivity contribution in [1.29, 1.82) is 0 Å². The summed E-state index contributed by atoms with van der Waals surface area (Å²) in [6.45, 7) is 1.70. The van der Waals surface area contributed by atoms with Crippen LogP contribution in [-0.2, 0) is 17.6 Å². The summed E-state index contributed by atoms with van der Waals surface area (Å²) in [6.07, 6.45) is 10.3. The number of piperidine rings is 1. The first-order valence-electron chi connectivity index (χ1n) is 8.59. The first-order chi connectivity index (χ1) is 11.3. The van der Waals surface area contributed by atoms with E-state index < -0.39 is 0 Å². The van der Waals surface area contributed by atoms with E-state index in [2.05, 4.69) is 15.2 Å². The Morgan fingerprint density at radius 2 is 2.17 bits per heavy atom. The van der Waals surface area contributed by atoms with Gasteiger partial charge in [-0.05, 0) is 38.5 Å². The SMILES string of the molecule is CNC(=O)[C@H]1CCCN(c2nccn3nc4c(c23)CCCC4)C1. The quantitative estimate of drug-likeness (QED) is 0.914. The van der Waals surface area contributed by atoms with Gasteiger partial charge in [-0.3, -0.25) is 4.79 Å². The van der Waals surface area contributed by atoms with Gasteiger partial charge in [-0.2, -0.15) is 5.10 Å². The molecule has 0 saturated carbocycles. The van der Waals surface area contributed by atoms with E-state index in [9.17, 15) is 4.79 Å². The van der Waals surface area contributed by atoms with Crippen LogP contribution in [0.1, 0.15) is 36.9 Å². The van der Waals surface area contributed by atoms with Crippen molar-refractivity contribution in [3.05, 3.63) is 23.7 Å². The number of nitrogens with one attached hydrogen (secondary N) is 1. The lowest BCUT2D eigenvalue weighted by atomic mass is 9.95. The summed E-state index contributed by atoms with van der Waals surface area (Å²) in [7, 11) is 1.72. The Morgan fingerprint density at radius 1 is 1.30 bits per heavy atom. The zero-order valence-corrected chi connectivity index (χ0v) is 13.6. The van der Waals surface area contributed by atoms with E-state index in [4.69, 9.17) is 5.10 Å². The fourth-order valence-electron chi connectivity index (χ4n) is 3.97. The highest BCUT2D eigenvalue weighted by atomic mass is 16.1. The Labute approximate surface area is 135 Å². The van der Waals surface area contributed by atoms with E-state index in [1.54, 1.807) is 7.05 Å². The zero-order valence-electron chi connectivity index (χ0n) is 13.6. The van der Waals surface area contributed by atoms with Crippen molar-refractivity contribution >= 4 is 17.2 Å². The molecular weight excluding hydrogens is 290 g/mol. The Bertz CT molecular complexity index is 738. The van der Waals surface area contributed by atoms with Gasteiger partial charge >= 0.3 is 0 Å². The molecule has 1 saturated heterocycles. The van der Waals surface area contributed by atoms with E-state index in [0.717, 1.165) is 50.1 Å². The summed E-state index contributed by atoms with van der Waals surface area (Å²) in [5.41, 5.74) is 3.74. The summed E-state index contributed by atoms with van der Waals surface area (Å²) in [4.78, 5) is 19.0. The van der Waals surface area contributed by atoms with E-state index in [1.807, 2.05) is 16.9 Å². The number of aromatic nitrogens is 3. The number of rotatable bonds is 2. The summed E-state index contributed by atoms with van der Waals surface area (Å²) in [5.74, 6) is 1.18. The number of hydrogen-bond acceptors (Lipinski definition) is 4. The fraction of sp³-hybridized carbons (Fsp3) is 0.588. The molecule has 3 heterocycles. The molecule has 1 aliphatic heterocycles. The van der Waals surface area contributed by atoms with E-state index in [-0.39, 0.29) is 11.8 Å². The maximum absolute atomic E-state index is 12.0. The lowest BCUT2D eigenvalue weighted by Gasteiger charge is -2.33. The van der Waals surface area contributed by atoms with Crippen LogP contribution in [0.15, 0.2) is 12.4 Å². The average Bonchev–Trinajstić information content (AvgIpc) is 2.99. The molecule has 1 fully saturated rings. The van der Waals surface area contributed by atoms with Crippen molar-refractivity contribution in [2.45, 2.75) is 38.5 Å². The van der Waals surface area contributed by atoms with Gasteiger partial charge in [0.05, 0.1) is 11.6 Å². The van der Waals surface area contributed by atoms with E-state index in [1.165, 1.54) is 24.1 Å². The van der Waals surface area contributed by atoms with Crippen LogP contribution in [0, 0.1) is 5.92 Å². The van der Waals surface area contributed by atoms with Gasteiger partial charge in [-0.25, -0.2) is 9.50 Å². The molecule has 1 N–H and O–H groups in total. The molecule has 2 aromatic rings. The lowest BCUT2D eigenvalue weighted by molar-refractivity contribution is -0.124. The molecule has 23 heavy (non-hydrogen) atoms. The monoisotopic (exact) mass is 313 g/mol. The second-order valence-corrected chi connectivity index (χ2v) is 6.58. The molecule has 0 spiro atoms. The van der Waals surface area contributed by atoms with E-state index >= 15 is 0 Å². The Hall–Kier alpha value is -2.11. The molecule has 2 aliphatic rings. The number of fused-ring (bicyclic) bond motifs is 3. The Balaban J connectivity index is 1.73. The van der Waals surface area contributed by atoms with Gasteiger partial charge in [0, 0.05) is 38.1 Å². The summed E-state index contributed by atoms with van der Waals surface area (Å²) in [5, 5.41) is 7.53. The standard InChI is InChI=1S/C17H23N5O/c1-18-17(23)12-5-4-9-21(11-12)16-15-13-6-2-3-7-14(13)20-22(15)10-8-19-16/h8,10,12H,2-7,9,11H2,1H3,(H,18,23)/t12-/m0/s1. The maximum Gasteiger partial charge on any atom is 0.224 e. The minimum atomic E-state index is 0.0505. The second-order valence-electron chi connectivity index (χ2n) is 6.58. The van der Waals surface area contributed by atoms with Gasteiger partial charge < -0.3 is 10.2 Å². The molecule has 1 aliphatic carbocycles. The molecule has 0 radical (unpaired) electrons. The third-order valence-electron chi connectivity index (χ3n) is 5.14. The van der Waals surface area contributed by atoms with Crippen LogP contribution in [0.3, 0.4) is 0 Å².